The Morgan fingerprint density at radius 3 is 2.32 bits per heavy atom. The number of likely N-dealkylation sites (tertiary alicyclic amines) is 1. The summed E-state index contributed by atoms with van der Waals surface area (Å²) in [6.07, 6.45) is -1.54. The average Bonchev–Trinajstić information content (AvgIpc) is 3.00. The maximum Gasteiger partial charge on any atom is 0.492 e. The first kappa shape index (κ1) is 30.7. The largest absolute Gasteiger partial charge is 0.492 e. The lowest BCUT2D eigenvalue weighted by molar-refractivity contribution is -0.120. The van der Waals surface area contributed by atoms with Crippen LogP contribution < -0.4 is 4.72 Å². The molecule has 0 spiro atoms. The predicted octanol–water partition coefficient (Wildman–Crippen LogP) is 4.53. The molecule has 4 atom stereocenters. The van der Waals surface area contributed by atoms with E-state index in [0.717, 1.165) is 6.07 Å². The maximum atomic E-state index is 15.2. The van der Waals surface area contributed by atoms with Crippen molar-refractivity contribution in [2.24, 2.45) is 0 Å². The quantitative estimate of drug-likeness (QED) is 0.362. The molecule has 0 bridgehead atoms. The van der Waals surface area contributed by atoms with Crippen LogP contribution in [0.25, 0.3) is 11.1 Å². The van der Waals surface area contributed by atoms with Crippen LogP contribution in [-0.4, -0.2) is 63.5 Å². The van der Waals surface area contributed by atoms with Gasteiger partial charge in [-0.1, -0.05) is 24.3 Å². The van der Waals surface area contributed by atoms with Crippen LogP contribution >= 0.6 is 0 Å². The second-order valence-electron chi connectivity index (χ2n) is 9.44. The van der Waals surface area contributed by atoms with Crippen molar-refractivity contribution < 1.29 is 40.5 Å². The summed E-state index contributed by atoms with van der Waals surface area (Å²) in [5.74, 6) is -1.25. The Hall–Kier alpha value is -2.48. The molecule has 1 heterocycles. The highest BCUT2D eigenvalue weighted by molar-refractivity contribution is 7.91. The Bertz CT molecular complexity index is 1190. The number of nitrogens with zero attached hydrogens (tertiary/aromatic N) is 1. The number of aryl methyl sites for hydroxylation is 1. The second kappa shape index (κ2) is 11.5. The van der Waals surface area contributed by atoms with Gasteiger partial charge in [-0.05, 0) is 63.1 Å². The van der Waals surface area contributed by atoms with Gasteiger partial charge in [0.25, 0.3) is 0 Å². The van der Waals surface area contributed by atoms with Crippen molar-refractivity contribution in [3.05, 3.63) is 59.2 Å². The molecular formula is C24H29F6N3O3S. The van der Waals surface area contributed by atoms with Gasteiger partial charge in [0.05, 0.1) is 6.04 Å². The zero-order valence-electron chi connectivity index (χ0n) is 20.6. The van der Waals surface area contributed by atoms with Crippen LogP contribution in [0.2, 0.25) is 0 Å². The highest BCUT2D eigenvalue weighted by Gasteiger charge is 2.49. The Kier molecular flexibility index (Phi) is 9.56. The Labute approximate surface area is 211 Å². The summed E-state index contributed by atoms with van der Waals surface area (Å²) in [6.45, 7) is 4.25. The number of rotatable bonds is 6. The molecule has 1 aliphatic heterocycles. The summed E-state index contributed by atoms with van der Waals surface area (Å²) in [5.41, 5.74) is -5.46. The van der Waals surface area contributed by atoms with E-state index in [-0.39, 0.29) is 24.1 Å². The zero-order valence-corrected chi connectivity index (χ0v) is 21.4. The summed E-state index contributed by atoms with van der Waals surface area (Å²) < 4.78 is 102. The lowest BCUT2D eigenvalue weighted by atomic mass is 9.95. The molecule has 0 amide bonds. The van der Waals surface area contributed by atoms with Crippen LogP contribution in [0.5, 0.6) is 0 Å². The van der Waals surface area contributed by atoms with Crippen LogP contribution in [0.1, 0.15) is 25.0 Å². The SMILES string of the molecule is CC(C)(O)C=O.Cc1cc(F)cc(-c2cccc(CC3C(NS(=N)(=O)C(F)(F)F)C(F)CN3C)c2F)c1. The molecule has 0 aliphatic carbocycles. The molecule has 206 valence electrons. The minimum absolute atomic E-state index is 0.0839. The van der Waals surface area contributed by atoms with E-state index in [9.17, 15) is 31.0 Å². The van der Waals surface area contributed by atoms with Gasteiger partial charge in [-0.3, -0.25) is 4.90 Å². The number of aliphatic hydroxyl groups is 1. The molecule has 6 nitrogen and oxygen atoms in total. The molecule has 3 N–H and O–H groups in total. The molecule has 2 aromatic rings. The van der Waals surface area contributed by atoms with E-state index in [0.29, 0.717) is 17.4 Å². The number of halogens is 6. The van der Waals surface area contributed by atoms with Crippen molar-refractivity contribution in [1.82, 2.24) is 9.62 Å². The summed E-state index contributed by atoms with van der Waals surface area (Å²) >= 11 is 0. The van der Waals surface area contributed by atoms with Crippen LogP contribution in [0.15, 0.2) is 36.4 Å². The monoisotopic (exact) mass is 553 g/mol. The van der Waals surface area contributed by atoms with E-state index in [1.807, 2.05) is 0 Å². The van der Waals surface area contributed by atoms with Gasteiger partial charge in [0, 0.05) is 18.2 Å². The number of hydrogen-bond donors (Lipinski definition) is 3. The minimum atomic E-state index is -5.38. The fourth-order valence-electron chi connectivity index (χ4n) is 3.81. The molecule has 1 fully saturated rings. The van der Waals surface area contributed by atoms with Gasteiger partial charge in [-0.25, -0.2) is 26.9 Å². The molecule has 13 heteroatoms. The Morgan fingerprint density at radius 1 is 1.22 bits per heavy atom. The van der Waals surface area contributed by atoms with Gasteiger partial charge in [0.15, 0.2) is 6.29 Å². The molecular weight excluding hydrogens is 524 g/mol. The first-order valence-corrected chi connectivity index (χ1v) is 12.6. The lowest BCUT2D eigenvalue weighted by Gasteiger charge is -2.27. The number of nitrogens with one attached hydrogen (secondary N) is 2. The van der Waals surface area contributed by atoms with E-state index in [1.54, 1.807) is 17.7 Å². The first-order chi connectivity index (χ1) is 16.9. The van der Waals surface area contributed by atoms with Gasteiger partial charge < -0.3 is 9.90 Å². The molecule has 1 aliphatic rings. The Balaban J connectivity index is 0.000000717. The van der Waals surface area contributed by atoms with Crippen molar-refractivity contribution in [2.75, 3.05) is 13.6 Å². The predicted molar refractivity (Wildman–Crippen MR) is 128 cm³/mol. The topological polar surface area (TPSA) is 93.5 Å². The maximum absolute atomic E-state index is 15.2. The highest BCUT2D eigenvalue weighted by Crippen LogP contribution is 2.31. The fraction of sp³-hybridized carbons (Fsp3) is 0.458. The normalized spacial score (nSPS) is 22.2. The number of benzene rings is 2. The molecule has 37 heavy (non-hydrogen) atoms. The minimum Gasteiger partial charge on any atom is -0.383 e. The van der Waals surface area contributed by atoms with Crippen molar-refractivity contribution in [3.8, 4) is 11.1 Å². The van der Waals surface area contributed by atoms with E-state index >= 15 is 4.39 Å². The average molecular weight is 554 g/mol. The summed E-state index contributed by atoms with van der Waals surface area (Å²) in [6, 6.07) is 5.84. The van der Waals surface area contributed by atoms with Crippen LogP contribution in [0.3, 0.4) is 0 Å². The van der Waals surface area contributed by atoms with Crippen molar-refractivity contribution in [2.45, 2.75) is 56.6 Å². The molecule has 1 saturated heterocycles. The summed E-state index contributed by atoms with van der Waals surface area (Å²) in [5, 5.41) is 8.46. The van der Waals surface area contributed by atoms with E-state index in [1.165, 1.54) is 50.1 Å². The molecule has 0 saturated carbocycles. The van der Waals surface area contributed by atoms with Gasteiger partial charge in [-0.15, -0.1) is 0 Å². The number of hydrogen-bond acceptors (Lipinski definition) is 5. The van der Waals surface area contributed by atoms with E-state index in [2.05, 4.69) is 0 Å². The van der Waals surface area contributed by atoms with E-state index < -0.39 is 50.9 Å². The number of likely N-dealkylation sites (N-methyl/N-ethyl adjacent to an activating group) is 1. The van der Waals surface area contributed by atoms with Gasteiger partial charge in [0.1, 0.15) is 23.4 Å². The third-order valence-electron chi connectivity index (χ3n) is 5.61. The number of aldehydes is 1. The van der Waals surface area contributed by atoms with Crippen molar-refractivity contribution in [1.29, 1.82) is 4.78 Å². The lowest BCUT2D eigenvalue weighted by Crippen LogP contribution is -2.51. The van der Waals surface area contributed by atoms with Gasteiger partial charge in [-0.2, -0.15) is 13.2 Å². The third kappa shape index (κ3) is 8.00. The second-order valence-corrected chi connectivity index (χ2v) is 11.3. The first-order valence-electron chi connectivity index (χ1n) is 11.1. The fourth-order valence-corrected chi connectivity index (χ4v) is 4.63. The molecule has 0 aromatic heterocycles. The zero-order chi connectivity index (χ0) is 28.3. The number of carbonyl (C=O) groups is 1. The summed E-state index contributed by atoms with van der Waals surface area (Å²) in [7, 11) is -3.83. The molecule has 2 aromatic carbocycles. The number of carbonyl (C=O) groups excluding carboxylic acids is 1. The van der Waals surface area contributed by atoms with Crippen LogP contribution in [-0.2, 0) is 21.1 Å². The van der Waals surface area contributed by atoms with Crippen LogP contribution in [0.4, 0.5) is 26.3 Å². The van der Waals surface area contributed by atoms with Gasteiger partial charge in [0.2, 0.25) is 9.92 Å². The highest BCUT2D eigenvalue weighted by atomic mass is 32.2. The summed E-state index contributed by atoms with van der Waals surface area (Å²) in [4.78, 5) is 11.0. The van der Waals surface area contributed by atoms with Gasteiger partial charge >= 0.3 is 5.51 Å². The molecule has 3 rings (SSSR count). The van der Waals surface area contributed by atoms with Crippen molar-refractivity contribution >= 4 is 16.2 Å². The van der Waals surface area contributed by atoms with E-state index in [4.69, 9.17) is 9.89 Å². The smallest absolute Gasteiger partial charge is 0.383 e. The third-order valence-corrected chi connectivity index (χ3v) is 6.87. The van der Waals surface area contributed by atoms with Crippen molar-refractivity contribution in [3.63, 3.8) is 0 Å². The molecule has 0 radical (unpaired) electrons. The molecule has 4 unspecified atom stereocenters. The standard InChI is InChI=1S/C20H21F6N3OS.C4H8O2/c1-11-6-13(8-14(21)7-11)15-5-3-4-12(18(15)23)9-17-19(16(22)10-29(17)2)28-31(27,30)20(24,25)26;1-4(2,6)3-5/h3-8,16-17,19H,9-10H2,1-2H3,(H2,27,28,30);3,6H,1-2H3. The van der Waals surface area contributed by atoms with Crippen LogP contribution in [0, 0.1) is 23.3 Å². The Morgan fingerprint density at radius 2 is 1.81 bits per heavy atom. The number of alkyl halides is 4.